The lowest BCUT2D eigenvalue weighted by Crippen LogP contribution is -2.28. The standard InChI is InChI=1S/C14H16N2O4S/c1-3-21(18,19)12-7-5-4-6-11(12)10-14(17)16(2)13-8-9-20-15-13/h4-9H,3,10H2,1-2H3. The number of likely N-dealkylation sites (N-methyl/N-ethyl adjacent to an activating group) is 1. The van der Waals surface area contributed by atoms with E-state index in [4.69, 9.17) is 4.52 Å². The Morgan fingerprint density at radius 2 is 2.00 bits per heavy atom. The highest BCUT2D eigenvalue weighted by molar-refractivity contribution is 7.91. The second kappa shape index (κ2) is 6.09. The molecule has 0 radical (unpaired) electrons. The van der Waals surface area contributed by atoms with E-state index in [1.807, 2.05) is 0 Å². The molecule has 0 saturated carbocycles. The fraction of sp³-hybridized carbons (Fsp3) is 0.286. The molecule has 0 aliphatic carbocycles. The van der Waals surface area contributed by atoms with Gasteiger partial charge < -0.3 is 4.52 Å². The molecule has 1 aromatic carbocycles. The summed E-state index contributed by atoms with van der Waals surface area (Å²) in [5.74, 6) is 0.121. The summed E-state index contributed by atoms with van der Waals surface area (Å²) in [6.07, 6.45) is 1.35. The first-order chi connectivity index (χ1) is 9.95. The average molecular weight is 308 g/mol. The van der Waals surface area contributed by atoms with Crippen LogP contribution in [0, 0.1) is 0 Å². The van der Waals surface area contributed by atoms with Crippen LogP contribution in [0.4, 0.5) is 5.82 Å². The van der Waals surface area contributed by atoms with Crippen LogP contribution < -0.4 is 4.90 Å². The molecule has 21 heavy (non-hydrogen) atoms. The van der Waals surface area contributed by atoms with Crippen molar-refractivity contribution in [3.8, 4) is 0 Å². The van der Waals surface area contributed by atoms with Crippen LogP contribution in [0.5, 0.6) is 0 Å². The van der Waals surface area contributed by atoms with Gasteiger partial charge in [-0.15, -0.1) is 0 Å². The molecule has 112 valence electrons. The van der Waals surface area contributed by atoms with Crippen molar-refractivity contribution in [1.82, 2.24) is 5.16 Å². The van der Waals surface area contributed by atoms with Crippen molar-refractivity contribution >= 4 is 21.6 Å². The van der Waals surface area contributed by atoms with E-state index in [1.54, 1.807) is 38.2 Å². The molecule has 2 rings (SSSR count). The number of hydrogen-bond acceptors (Lipinski definition) is 5. The van der Waals surface area contributed by atoms with E-state index in [0.29, 0.717) is 11.4 Å². The minimum Gasteiger partial charge on any atom is -0.363 e. The third kappa shape index (κ3) is 3.30. The molecule has 0 N–H and O–H groups in total. The first kappa shape index (κ1) is 15.2. The van der Waals surface area contributed by atoms with Gasteiger partial charge in [-0.25, -0.2) is 8.42 Å². The Morgan fingerprint density at radius 1 is 1.29 bits per heavy atom. The van der Waals surface area contributed by atoms with Gasteiger partial charge in [0, 0.05) is 13.1 Å². The maximum atomic E-state index is 12.2. The van der Waals surface area contributed by atoms with Crippen LogP contribution in [-0.4, -0.2) is 32.3 Å². The Labute approximate surface area is 123 Å². The highest BCUT2D eigenvalue weighted by atomic mass is 32.2. The van der Waals surface area contributed by atoms with Crippen LogP contribution in [-0.2, 0) is 21.1 Å². The summed E-state index contributed by atoms with van der Waals surface area (Å²) in [4.78, 5) is 13.8. The molecule has 0 atom stereocenters. The van der Waals surface area contributed by atoms with Gasteiger partial charge in [-0.05, 0) is 11.6 Å². The van der Waals surface area contributed by atoms with E-state index < -0.39 is 9.84 Å². The van der Waals surface area contributed by atoms with Crippen molar-refractivity contribution < 1.29 is 17.7 Å². The SMILES string of the molecule is CCS(=O)(=O)c1ccccc1CC(=O)N(C)c1ccon1. The predicted octanol–water partition coefficient (Wildman–Crippen LogP) is 1.67. The molecule has 0 spiro atoms. The van der Waals surface area contributed by atoms with Gasteiger partial charge in [0.2, 0.25) is 5.91 Å². The number of aromatic nitrogens is 1. The third-order valence-electron chi connectivity index (χ3n) is 3.17. The highest BCUT2D eigenvalue weighted by Crippen LogP contribution is 2.19. The molecule has 1 amide bonds. The van der Waals surface area contributed by atoms with E-state index in [9.17, 15) is 13.2 Å². The highest BCUT2D eigenvalue weighted by Gasteiger charge is 2.20. The molecule has 7 heteroatoms. The van der Waals surface area contributed by atoms with Crippen LogP contribution >= 0.6 is 0 Å². The number of anilines is 1. The Kier molecular flexibility index (Phi) is 4.42. The first-order valence-electron chi connectivity index (χ1n) is 6.43. The fourth-order valence-electron chi connectivity index (χ4n) is 1.90. The largest absolute Gasteiger partial charge is 0.363 e. The van der Waals surface area contributed by atoms with E-state index in [1.165, 1.54) is 17.2 Å². The lowest BCUT2D eigenvalue weighted by atomic mass is 10.1. The Balaban J connectivity index is 2.26. The van der Waals surface area contributed by atoms with Crippen molar-refractivity contribution in [2.75, 3.05) is 17.7 Å². The number of sulfone groups is 1. The Morgan fingerprint density at radius 3 is 2.62 bits per heavy atom. The Hall–Kier alpha value is -2.15. The summed E-state index contributed by atoms with van der Waals surface area (Å²) in [6, 6.07) is 8.10. The summed E-state index contributed by atoms with van der Waals surface area (Å²) >= 11 is 0. The number of hydrogen-bond donors (Lipinski definition) is 0. The summed E-state index contributed by atoms with van der Waals surface area (Å²) in [5.41, 5.74) is 0.486. The van der Waals surface area contributed by atoms with Crippen LogP contribution in [0.1, 0.15) is 12.5 Å². The van der Waals surface area contributed by atoms with E-state index in [-0.39, 0.29) is 23.0 Å². The van der Waals surface area contributed by atoms with Crippen LogP contribution in [0.2, 0.25) is 0 Å². The van der Waals surface area contributed by atoms with Gasteiger partial charge in [0.15, 0.2) is 15.7 Å². The zero-order chi connectivity index (χ0) is 15.5. The van der Waals surface area contributed by atoms with Gasteiger partial charge in [0.25, 0.3) is 0 Å². The van der Waals surface area contributed by atoms with Crippen LogP contribution in [0.15, 0.2) is 46.0 Å². The molecule has 2 aromatic rings. The Bertz CT molecular complexity index is 723. The van der Waals surface area contributed by atoms with Crippen molar-refractivity contribution in [2.45, 2.75) is 18.2 Å². The van der Waals surface area contributed by atoms with E-state index >= 15 is 0 Å². The quantitative estimate of drug-likeness (QED) is 0.839. The minimum atomic E-state index is -3.36. The summed E-state index contributed by atoms with van der Waals surface area (Å²) in [7, 11) is -1.79. The lowest BCUT2D eigenvalue weighted by Gasteiger charge is -2.15. The maximum absolute atomic E-state index is 12.2. The molecule has 0 aliphatic rings. The molecule has 0 aliphatic heterocycles. The van der Waals surface area contributed by atoms with Crippen LogP contribution in [0.3, 0.4) is 0 Å². The fourth-order valence-corrected chi connectivity index (χ4v) is 3.03. The normalized spacial score (nSPS) is 11.3. The molecule has 0 bridgehead atoms. The smallest absolute Gasteiger partial charge is 0.232 e. The molecule has 0 fully saturated rings. The minimum absolute atomic E-state index is 0.00265. The molecular formula is C14H16N2O4S. The maximum Gasteiger partial charge on any atom is 0.232 e. The second-order valence-corrected chi connectivity index (χ2v) is 6.74. The number of benzene rings is 1. The number of amides is 1. The van der Waals surface area contributed by atoms with Crippen molar-refractivity contribution in [1.29, 1.82) is 0 Å². The van der Waals surface area contributed by atoms with E-state index in [2.05, 4.69) is 5.16 Å². The monoisotopic (exact) mass is 308 g/mol. The van der Waals surface area contributed by atoms with Gasteiger partial charge in [0.1, 0.15) is 6.26 Å². The first-order valence-corrected chi connectivity index (χ1v) is 8.08. The molecule has 1 aromatic heterocycles. The number of carbonyl (C=O) groups excluding carboxylic acids is 1. The zero-order valence-corrected chi connectivity index (χ0v) is 12.6. The molecule has 6 nitrogen and oxygen atoms in total. The van der Waals surface area contributed by atoms with Crippen LogP contribution in [0.25, 0.3) is 0 Å². The number of nitrogens with zero attached hydrogens (tertiary/aromatic N) is 2. The number of rotatable bonds is 5. The molecule has 1 heterocycles. The van der Waals surface area contributed by atoms with Gasteiger partial charge in [-0.3, -0.25) is 9.69 Å². The summed E-state index contributed by atoms with van der Waals surface area (Å²) in [6.45, 7) is 1.58. The summed E-state index contributed by atoms with van der Waals surface area (Å²) in [5, 5.41) is 3.68. The van der Waals surface area contributed by atoms with Gasteiger partial charge in [0.05, 0.1) is 17.1 Å². The van der Waals surface area contributed by atoms with Crippen molar-refractivity contribution in [2.24, 2.45) is 0 Å². The molecular weight excluding hydrogens is 292 g/mol. The zero-order valence-electron chi connectivity index (χ0n) is 11.8. The van der Waals surface area contributed by atoms with Gasteiger partial charge in [-0.2, -0.15) is 0 Å². The predicted molar refractivity (Wildman–Crippen MR) is 77.8 cm³/mol. The average Bonchev–Trinajstić information content (AvgIpc) is 3.01. The van der Waals surface area contributed by atoms with E-state index in [0.717, 1.165) is 0 Å². The van der Waals surface area contributed by atoms with Gasteiger partial charge in [-0.1, -0.05) is 30.3 Å². The number of carbonyl (C=O) groups is 1. The molecule has 0 unspecified atom stereocenters. The molecule has 0 saturated heterocycles. The second-order valence-electron chi connectivity index (χ2n) is 4.50. The van der Waals surface area contributed by atoms with Crippen molar-refractivity contribution in [3.05, 3.63) is 42.2 Å². The van der Waals surface area contributed by atoms with Gasteiger partial charge >= 0.3 is 0 Å². The lowest BCUT2D eigenvalue weighted by molar-refractivity contribution is -0.117. The third-order valence-corrected chi connectivity index (χ3v) is 5.00. The topological polar surface area (TPSA) is 80.5 Å². The van der Waals surface area contributed by atoms with Crippen molar-refractivity contribution in [3.63, 3.8) is 0 Å². The summed E-state index contributed by atoms with van der Waals surface area (Å²) < 4.78 is 28.8.